The number of hydrogen-bond donors (Lipinski definition) is 0. The molecular weight excluding hydrogens is 320 g/mol. The summed E-state index contributed by atoms with van der Waals surface area (Å²) in [6.07, 6.45) is 2.96. The Balaban J connectivity index is 2.27. The molecule has 21 heavy (non-hydrogen) atoms. The van der Waals surface area contributed by atoms with Gasteiger partial charge in [-0.1, -0.05) is 6.07 Å². The van der Waals surface area contributed by atoms with Crippen molar-refractivity contribution in [3.63, 3.8) is 0 Å². The van der Waals surface area contributed by atoms with E-state index in [1.807, 2.05) is 18.0 Å². The molecular formula is C16H16O2S3. The van der Waals surface area contributed by atoms with Crippen LogP contribution in [0.4, 0.5) is 0 Å². The van der Waals surface area contributed by atoms with Gasteiger partial charge in [-0.3, -0.25) is 0 Å². The summed E-state index contributed by atoms with van der Waals surface area (Å²) in [5, 5.41) is 2.10. The lowest BCUT2D eigenvalue weighted by Gasteiger charge is -2.23. The van der Waals surface area contributed by atoms with Gasteiger partial charge in [-0.05, 0) is 52.6 Å². The molecule has 0 radical (unpaired) electrons. The quantitative estimate of drug-likeness (QED) is 0.599. The zero-order valence-electron chi connectivity index (χ0n) is 12.0. The van der Waals surface area contributed by atoms with Crippen LogP contribution in [0, 0.1) is 0 Å². The van der Waals surface area contributed by atoms with E-state index >= 15 is 0 Å². The maximum Gasteiger partial charge on any atom is 0.339 e. The molecule has 1 aromatic carbocycles. The summed E-state index contributed by atoms with van der Waals surface area (Å²) in [6, 6.07) is 6.39. The molecule has 0 atom stereocenters. The molecule has 0 saturated carbocycles. The molecule has 1 aliphatic heterocycles. The van der Waals surface area contributed by atoms with Gasteiger partial charge in [-0.2, -0.15) is 11.8 Å². The van der Waals surface area contributed by atoms with E-state index in [4.69, 9.17) is 4.74 Å². The van der Waals surface area contributed by atoms with Crippen molar-refractivity contribution in [3.05, 3.63) is 40.3 Å². The second-order valence-electron chi connectivity index (χ2n) is 4.73. The minimum absolute atomic E-state index is 0.208. The van der Waals surface area contributed by atoms with Crippen molar-refractivity contribution in [2.75, 3.05) is 19.1 Å². The Labute approximate surface area is 137 Å². The van der Waals surface area contributed by atoms with E-state index in [1.165, 1.54) is 28.7 Å². The standard InChI is InChI=1S/C16H16O2S3/c1-18-16(17)15-10-5-7-20-9-12(10)11(8-14(15)19-2)13-4-3-6-21-13/h3-4,6,8H,5,7,9H2,1-2H3. The van der Waals surface area contributed by atoms with Crippen molar-refractivity contribution >= 4 is 40.8 Å². The van der Waals surface area contributed by atoms with Crippen LogP contribution in [0.1, 0.15) is 21.5 Å². The molecule has 1 aromatic heterocycles. The molecule has 110 valence electrons. The first kappa shape index (κ1) is 15.0. The Morgan fingerprint density at radius 2 is 2.24 bits per heavy atom. The first-order valence-electron chi connectivity index (χ1n) is 6.69. The number of hydrogen-bond acceptors (Lipinski definition) is 5. The minimum atomic E-state index is -0.208. The Hall–Kier alpha value is -0.910. The van der Waals surface area contributed by atoms with Crippen molar-refractivity contribution in [1.82, 2.24) is 0 Å². The molecule has 0 fully saturated rings. The maximum atomic E-state index is 12.2. The number of fused-ring (bicyclic) bond motifs is 1. The zero-order chi connectivity index (χ0) is 14.8. The summed E-state index contributed by atoms with van der Waals surface area (Å²) in [7, 11) is 1.46. The second kappa shape index (κ2) is 6.46. The number of benzene rings is 1. The molecule has 2 aromatic rings. The van der Waals surface area contributed by atoms with E-state index < -0.39 is 0 Å². The first-order chi connectivity index (χ1) is 10.3. The lowest BCUT2D eigenvalue weighted by Crippen LogP contribution is -2.14. The van der Waals surface area contributed by atoms with Crippen molar-refractivity contribution in [3.8, 4) is 10.4 Å². The third-order valence-electron chi connectivity index (χ3n) is 3.65. The zero-order valence-corrected chi connectivity index (χ0v) is 14.4. The first-order valence-corrected chi connectivity index (χ1v) is 9.94. The summed E-state index contributed by atoms with van der Waals surface area (Å²) in [6.45, 7) is 0. The highest BCUT2D eigenvalue weighted by atomic mass is 32.2. The second-order valence-corrected chi connectivity index (χ2v) is 7.63. The van der Waals surface area contributed by atoms with Gasteiger partial charge in [0.1, 0.15) is 0 Å². The molecule has 0 unspecified atom stereocenters. The van der Waals surface area contributed by atoms with Crippen LogP contribution in [0.25, 0.3) is 10.4 Å². The highest BCUT2D eigenvalue weighted by Crippen LogP contribution is 2.41. The topological polar surface area (TPSA) is 26.3 Å². The van der Waals surface area contributed by atoms with Crippen molar-refractivity contribution in [2.24, 2.45) is 0 Å². The molecule has 0 saturated heterocycles. The predicted octanol–water partition coefficient (Wildman–Crippen LogP) is 4.71. The average Bonchev–Trinajstić information content (AvgIpc) is 3.06. The van der Waals surface area contributed by atoms with Gasteiger partial charge >= 0.3 is 5.97 Å². The Morgan fingerprint density at radius 1 is 1.38 bits per heavy atom. The van der Waals surface area contributed by atoms with Gasteiger partial charge in [0, 0.05) is 15.5 Å². The van der Waals surface area contributed by atoms with Crippen LogP contribution < -0.4 is 0 Å². The van der Waals surface area contributed by atoms with Crippen LogP contribution in [0.2, 0.25) is 0 Å². The minimum Gasteiger partial charge on any atom is -0.465 e. The molecule has 0 spiro atoms. The fourth-order valence-electron chi connectivity index (χ4n) is 2.68. The van der Waals surface area contributed by atoms with Gasteiger partial charge in [-0.15, -0.1) is 23.1 Å². The van der Waals surface area contributed by atoms with Crippen LogP contribution in [0.5, 0.6) is 0 Å². The third kappa shape index (κ3) is 2.74. The van der Waals surface area contributed by atoms with Gasteiger partial charge in [0.25, 0.3) is 0 Å². The molecule has 1 aliphatic rings. The Kier molecular flexibility index (Phi) is 4.62. The van der Waals surface area contributed by atoms with Gasteiger partial charge < -0.3 is 4.74 Å². The van der Waals surface area contributed by atoms with Gasteiger partial charge in [0.05, 0.1) is 12.7 Å². The summed E-state index contributed by atoms with van der Waals surface area (Å²) in [5.74, 6) is 1.83. The van der Waals surface area contributed by atoms with Crippen molar-refractivity contribution in [2.45, 2.75) is 17.1 Å². The van der Waals surface area contributed by atoms with Gasteiger partial charge in [-0.25, -0.2) is 4.79 Å². The largest absolute Gasteiger partial charge is 0.465 e. The third-order valence-corrected chi connectivity index (χ3v) is 6.30. The summed E-state index contributed by atoms with van der Waals surface area (Å²) < 4.78 is 5.02. The van der Waals surface area contributed by atoms with Crippen LogP contribution in [-0.2, 0) is 16.9 Å². The molecule has 0 aliphatic carbocycles. The highest BCUT2D eigenvalue weighted by Gasteiger charge is 2.25. The van der Waals surface area contributed by atoms with Crippen LogP contribution in [0.3, 0.4) is 0 Å². The number of thioether (sulfide) groups is 2. The summed E-state index contributed by atoms with van der Waals surface area (Å²) >= 11 is 5.31. The van der Waals surface area contributed by atoms with Crippen LogP contribution in [0.15, 0.2) is 28.5 Å². The number of thiophene rings is 1. The molecule has 0 N–H and O–H groups in total. The lowest BCUT2D eigenvalue weighted by atomic mass is 9.93. The number of rotatable bonds is 3. The maximum absolute atomic E-state index is 12.2. The number of esters is 1. The van der Waals surface area contributed by atoms with Gasteiger partial charge in [0.2, 0.25) is 0 Å². The molecule has 0 amide bonds. The van der Waals surface area contributed by atoms with E-state index in [9.17, 15) is 4.79 Å². The monoisotopic (exact) mass is 336 g/mol. The predicted molar refractivity (Wildman–Crippen MR) is 92.7 cm³/mol. The van der Waals surface area contributed by atoms with Crippen LogP contribution >= 0.6 is 34.9 Å². The smallest absolute Gasteiger partial charge is 0.339 e. The SMILES string of the molecule is COC(=O)c1c(SC)cc(-c2cccs2)c2c1CCSC2. The average molecular weight is 337 g/mol. The van der Waals surface area contributed by atoms with Gasteiger partial charge in [0.15, 0.2) is 0 Å². The normalized spacial score (nSPS) is 13.8. The lowest BCUT2D eigenvalue weighted by molar-refractivity contribution is 0.0595. The summed E-state index contributed by atoms with van der Waals surface area (Å²) in [5.41, 5.74) is 4.56. The van der Waals surface area contributed by atoms with E-state index in [1.54, 1.807) is 23.1 Å². The van der Waals surface area contributed by atoms with E-state index in [0.29, 0.717) is 0 Å². The van der Waals surface area contributed by atoms with Crippen molar-refractivity contribution < 1.29 is 9.53 Å². The number of carbonyl (C=O) groups is 1. The number of ether oxygens (including phenoxy) is 1. The Bertz CT molecular complexity index is 663. The number of methoxy groups -OCH3 is 1. The number of carbonyl (C=O) groups excluding carboxylic acids is 1. The molecule has 2 heterocycles. The Morgan fingerprint density at radius 3 is 2.90 bits per heavy atom. The fourth-order valence-corrected chi connectivity index (χ4v) is 5.12. The fraction of sp³-hybridized carbons (Fsp3) is 0.312. The highest BCUT2D eigenvalue weighted by molar-refractivity contribution is 7.99. The molecule has 5 heteroatoms. The molecule has 2 nitrogen and oxygen atoms in total. The van der Waals surface area contributed by atoms with E-state index in [2.05, 4.69) is 23.6 Å². The molecule has 0 bridgehead atoms. The molecule has 3 rings (SSSR count). The summed E-state index contributed by atoms with van der Waals surface area (Å²) in [4.78, 5) is 14.5. The van der Waals surface area contributed by atoms with E-state index in [-0.39, 0.29) is 5.97 Å². The van der Waals surface area contributed by atoms with Crippen LogP contribution in [-0.4, -0.2) is 25.1 Å². The van der Waals surface area contributed by atoms with Crippen molar-refractivity contribution in [1.29, 1.82) is 0 Å². The van der Waals surface area contributed by atoms with E-state index in [0.717, 1.165) is 28.4 Å².